The third-order valence-corrected chi connectivity index (χ3v) is 6.72. The minimum Gasteiger partial charge on any atom is -0.333 e. The van der Waals surface area contributed by atoms with Crippen LogP contribution in [0.25, 0.3) is 0 Å². The van der Waals surface area contributed by atoms with Gasteiger partial charge in [-0.15, -0.1) is 0 Å². The molecule has 5 rings (SSSR count). The molecule has 3 aromatic rings. The van der Waals surface area contributed by atoms with Crippen LogP contribution in [0.15, 0.2) is 54.6 Å². The molecule has 1 N–H and O–H groups in total. The molecular weight excluding hydrogens is 440 g/mol. The first-order valence-corrected chi connectivity index (χ1v) is 11.4. The summed E-state index contributed by atoms with van der Waals surface area (Å²) in [5.41, 5.74) is 2.26. The second-order valence-electron chi connectivity index (χ2n) is 7.84. The van der Waals surface area contributed by atoms with Crippen molar-refractivity contribution in [3.63, 3.8) is 0 Å². The minimum atomic E-state index is -0.378. The van der Waals surface area contributed by atoms with Crippen LogP contribution < -0.4 is 5.32 Å². The Hall–Kier alpha value is -3.85. The number of fused-ring (bicyclic) bond motifs is 2. The third kappa shape index (κ3) is 4.03. The molecule has 0 radical (unpaired) electrons. The van der Waals surface area contributed by atoms with Crippen molar-refractivity contribution in [2.75, 3.05) is 18.4 Å². The molecule has 8 nitrogen and oxygen atoms in total. The minimum absolute atomic E-state index is 0.00260. The van der Waals surface area contributed by atoms with Crippen molar-refractivity contribution in [1.29, 1.82) is 0 Å². The summed E-state index contributed by atoms with van der Waals surface area (Å²) in [4.78, 5) is 58.4. The van der Waals surface area contributed by atoms with Crippen molar-refractivity contribution >= 4 is 40.1 Å². The zero-order valence-corrected chi connectivity index (χ0v) is 18.4. The van der Waals surface area contributed by atoms with Gasteiger partial charge >= 0.3 is 0 Å². The number of aromatic nitrogens is 1. The number of amides is 4. The van der Waals surface area contributed by atoms with Crippen LogP contribution in [0.1, 0.15) is 48.1 Å². The number of imide groups is 1. The van der Waals surface area contributed by atoms with Crippen molar-refractivity contribution in [1.82, 2.24) is 14.8 Å². The summed E-state index contributed by atoms with van der Waals surface area (Å²) in [7, 11) is 0. The van der Waals surface area contributed by atoms with Gasteiger partial charge in [-0.1, -0.05) is 41.7 Å². The Balaban J connectivity index is 1.19. The van der Waals surface area contributed by atoms with Crippen molar-refractivity contribution < 1.29 is 19.2 Å². The fourth-order valence-corrected chi connectivity index (χ4v) is 5.06. The Kier molecular flexibility index (Phi) is 5.47. The van der Waals surface area contributed by atoms with Gasteiger partial charge in [-0.05, 0) is 24.3 Å². The van der Waals surface area contributed by atoms with E-state index in [0.717, 1.165) is 15.5 Å². The molecule has 0 unspecified atom stereocenters. The number of carbonyl (C=O) groups excluding carboxylic acids is 4. The van der Waals surface area contributed by atoms with Crippen molar-refractivity contribution in [2.24, 2.45) is 0 Å². The van der Waals surface area contributed by atoms with E-state index in [0.29, 0.717) is 41.3 Å². The molecule has 0 atom stereocenters. The zero-order chi connectivity index (χ0) is 22.9. The van der Waals surface area contributed by atoms with Gasteiger partial charge in [-0.3, -0.25) is 24.1 Å². The summed E-state index contributed by atoms with van der Waals surface area (Å²) in [6, 6.07) is 15.8. The first kappa shape index (κ1) is 21.0. The fourth-order valence-electron chi connectivity index (χ4n) is 4.02. The first-order chi connectivity index (χ1) is 16.0. The Bertz CT molecular complexity index is 1240. The number of hydrogen-bond donors (Lipinski definition) is 1. The van der Waals surface area contributed by atoms with E-state index in [9.17, 15) is 19.2 Å². The highest BCUT2D eigenvalue weighted by atomic mass is 32.1. The van der Waals surface area contributed by atoms with Crippen molar-refractivity contribution in [3.05, 3.63) is 81.9 Å². The number of carbonyl (C=O) groups is 4. The monoisotopic (exact) mass is 460 g/mol. The molecule has 0 aliphatic carbocycles. The van der Waals surface area contributed by atoms with E-state index in [2.05, 4.69) is 10.3 Å². The number of hydrogen-bond acceptors (Lipinski definition) is 6. The molecule has 1 aromatic heterocycles. The molecule has 0 saturated carbocycles. The predicted octanol–water partition coefficient (Wildman–Crippen LogP) is 2.97. The largest absolute Gasteiger partial charge is 0.333 e. The topological polar surface area (TPSA) is 99.7 Å². The standard InChI is InChI=1S/C24H20N4O4S/c29-20(11-13-28-22(31)16-8-4-5-9-17(16)23(28)32)26-24-25-18-10-12-27(14-19(18)33-24)21(30)15-6-2-1-3-7-15/h1-9H,10-14H2,(H,25,26,29). The van der Waals surface area contributed by atoms with E-state index >= 15 is 0 Å². The molecule has 33 heavy (non-hydrogen) atoms. The Morgan fingerprint density at radius 1 is 0.970 bits per heavy atom. The van der Waals surface area contributed by atoms with Gasteiger partial charge in [0.2, 0.25) is 5.91 Å². The molecular formula is C24H20N4O4S. The van der Waals surface area contributed by atoms with E-state index in [-0.39, 0.29) is 36.6 Å². The van der Waals surface area contributed by atoms with Gasteiger partial charge in [0, 0.05) is 36.4 Å². The molecule has 0 saturated heterocycles. The number of thiazole rings is 1. The average Bonchev–Trinajstić information content (AvgIpc) is 3.35. The van der Waals surface area contributed by atoms with Crippen molar-refractivity contribution in [3.8, 4) is 0 Å². The van der Waals surface area contributed by atoms with Gasteiger partial charge in [-0.2, -0.15) is 0 Å². The molecule has 2 aromatic carbocycles. The van der Waals surface area contributed by atoms with Crippen LogP contribution in [0.5, 0.6) is 0 Å². The summed E-state index contributed by atoms with van der Waals surface area (Å²) in [6.07, 6.45) is 0.601. The number of rotatable bonds is 5. The summed E-state index contributed by atoms with van der Waals surface area (Å²) in [6.45, 7) is 1.02. The van der Waals surface area contributed by atoms with Crippen LogP contribution in [0.4, 0.5) is 5.13 Å². The van der Waals surface area contributed by atoms with Gasteiger partial charge in [0.15, 0.2) is 5.13 Å². The third-order valence-electron chi connectivity index (χ3n) is 5.73. The maximum atomic E-state index is 12.7. The molecule has 0 bridgehead atoms. The lowest BCUT2D eigenvalue weighted by atomic mass is 10.1. The highest BCUT2D eigenvalue weighted by molar-refractivity contribution is 7.15. The summed E-state index contributed by atoms with van der Waals surface area (Å²) < 4.78 is 0. The summed E-state index contributed by atoms with van der Waals surface area (Å²) in [5.74, 6) is -1.11. The van der Waals surface area contributed by atoms with Gasteiger partial charge in [-0.25, -0.2) is 4.98 Å². The van der Waals surface area contributed by atoms with Gasteiger partial charge in [0.05, 0.1) is 23.4 Å². The van der Waals surface area contributed by atoms with Crippen LogP contribution in [0.3, 0.4) is 0 Å². The van der Waals surface area contributed by atoms with Crippen LogP contribution in [0.2, 0.25) is 0 Å². The fraction of sp³-hybridized carbons (Fsp3) is 0.208. The van der Waals surface area contributed by atoms with Gasteiger partial charge < -0.3 is 10.2 Å². The number of nitrogens with one attached hydrogen (secondary N) is 1. The lowest BCUT2D eigenvalue weighted by molar-refractivity contribution is -0.116. The lowest BCUT2D eigenvalue weighted by Crippen LogP contribution is -2.35. The highest BCUT2D eigenvalue weighted by Gasteiger charge is 2.35. The summed E-state index contributed by atoms with van der Waals surface area (Å²) >= 11 is 1.34. The van der Waals surface area contributed by atoms with Crippen LogP contribution >= 0.6 is 11.3 Å². The average molecular weight is 461 g/mol. The van der Waals surface area contributed by atoms with E-state index in [4.69, 9.17) is 0 Å². The predicted molar refractivity (Wildman–Crippen MR) is 122 cm³/mol. The smallest absolute Gasteiger partial charge is 0.261 e. The molecule has 3 heterocycles. The number of anilines is 1. The first-order valence-electron chi connectivity index (χ1n) is 10.6. The van der Waals surface area contributed by atoms with Gasteiger partial charge in [0.1, 0.15) is 0 Å². The molecule has 0 spiro atoms. The highest BCUT2D eigenvalue weighted by Crippen LogP contribution is 2.29. The Morgan fingerprint density at radius 2 is 1.64 bits per heavy atom. The van der Waals surface area contributed by atoms with E-state index < -0.39 is 0 Å². The maximum Gasteiger partial charge on any atom is 0.261 e. The van der Waals surface area contributed by atoms with Crippen LogP contribution in [0, 0.1) is 0 Å². The quantitative estimate of drug-likeness (QED) is 0.590. The second kappa shape index (κ2) is 8.59. The van der Waals surface area contributed by atoms with E-state index in [1.807, 2.05) is 18.2 Å². The van der Waals surface area contributed by atoms with Gasteiger partial charge in [0.25, 0.3) is 17.7 Å². The SMILES string of the molecule is O=C(CCN1C(=O)c2ccccc2C1=O)Nc1nc2c(s1)CN(C(=O)c1ccccc1)CC2. The maximum absolute atomic E-state index is 12.7. The lowest BCUT2D eigenvalue weighted by Gasteiger charge is -2.26. The van der Waals surface area contributed by atoms with E-state index in [1.165, 1.54) is 11.3 Å². The van der Waals surface area contributed by atoms with Crippen LogP contribution in [-0.4, -0.2) is 51.5 Å². The molecule has 9 heteroatoms. The molecule has 2 aliphatic rings. The Labute approximate surface area is 193 Å². The number of benzene rings is 2. The second-order valence-corrected chi connectivity index (χ2v) is 8.92. The molecule has 0 fully saturated rings. The zero-order valence-electron chi connectivity index (χ0n) is 17.6. The molecule has 2 aliphatic heterocycles. The summed E-state index contributed by atoms with van der Waals surface area (Å²) in [5, 5.41) is 3.23. The van der Waals surface area contributed by atoms with Crippen molar-refractivity contribution in [2.45, 2.75) is 19.4 Å². The normalized spacial score (nSPS) is 14.8. The number of nitrogens with zero attached hydrogens (tertiary/aromatic N) is 3. The molecule has 4 amide bonds. The Morgan fingerprint density at radius 3 is 2.33 bits per heavy atom. The van der Waals surface area contributed by atoms with Crippen LogP contribution in [-0.2, 0) is 17.8 Å². The molecule has 166 valence electrons. The van der Waals surface area contributed by atoms with E-state index in [1.54, 1.807) is 41.3 Å².